The zero-order valence-corrected chi connectivity index (χ0v) is 23.1. The van der Waals surface area contributed by atoms with Gasteiger partial charge in [0, 0.05) is 13.2 Å². The lowest BCUT2D eigenvalue weighted by atomic mass is 9.96. The van der Waals surface area contributed by atoms with Crippen LogP contribution in [0.1, 0.15) is 90.4 Å². The highest BCUT2D eigenvalue weighted by molar-refractivity contribution is 4.95. The quantitative estimate of drug-likeness (QED) is 0.112. The first-order chi connectivity index (χ1) is 18.3. The third-order valence-corrected chi connectivity index (χ3v) is 7.62. The molecule has 0 aromatic heterocycles. The monoisotopic (exact) mass is 550 g/mol. The van der Waals surface area contributed by atoms with E-state index < -0.39 is 68.0 Å². The maximum Gasteiger partial charge on any atom is 0.187 e. The number of rotatable bonds is 19. The molecular weight excluding hydrogens is 496 g/mol. The van der Waals surface area contributed by atoms with Crippen molar-refractivity contribution < 1.29 is 44.5 Å². The Morgan fingerprint density at radius 3 is 1.71 bits per heavy atom. The van der Waals surface area contributed by atoms with Gasteiger partial charge in [-0.2, -0.15) is 0 Å². The molecule has 0 aliphatic carbocycles. The number of ether oxygens (including phenoxy) is 4. The number of nitrogens with two attached hydrogens (primary N) is 2. The second-order valence-electron chi connectivity index (χ2n) is 10.8. The van der Waals surface area contributed by atoms with Gasteiger partial charge in [0.1, 0.15) is 42.7 Å². The maximum atomic E-state index is 10.6. The van der Waals surface area contributed by atoms with Crippen LogP contribution in [-0.4, -0.2) is 107 Å². The fraction of sp³-hybridized carbons (Fsp3) is 1.00. The van der Waals surface area contributed by atoms with E-state index in [0.29, 0.717) is 6.61 Å². The lowest BCUT2D eigenvalue weighted by Crippen LogP contribution is -2.67. The highest BCUT2D eigenvalue weighted by atomic mass is 16.7. The first-order valence-corrected chi connectivity index (χ1v) is 14.7. The van der Waals surface area contributed by atoms with Crippen molar-refractivity contribution in [1.82, 2.24) is 0 Å². The fourth-order valence-corrected chi connectivity index (χ4v) is 5.11. The molecule has 0 amide bonds. The lowest BCUT2D eigenvalue weighted by Gasteiger charge is -2.46. The first kappa shape index (κ1) is 33.8. The van der Waals surface area contributed by atoms with E-state index >= 15 is 0 Å². The molecule has 9 N–H and O–H groups in total. The summed E-state index contributed by atoms with van der Waals surface area (Å²) in [5.41, 5.74) is 11.9. The molecular formula is C27H54N2O9. The molecule has 226 valence electrons. The predicted molar refractivity (Wildman–Crippen MR) is 142 cm³/mol. The minimum absolute atomic E-state index is 0.114. The lowest BCUT2D eigenvalue weighted by molar-refractivity contribution is -0.339. The Labute approximate surface area is 227 Å². The van der Waals surface area contributed by atoms with E-state index in [1.807, 2.05) is 0 Å². The average Bonchev–Trinajstić information content (AvgIpc) is 2.92. The van der Waals surface area contributed by atoms with E-state index in [-0.39, 0.29) is 6.54 Å². The molecule has 0 aromatic rings. The van der Waals surface area contributed by atoms with E-state index in [1.165, 1.54) is 64.2 Å². The maximum absolute atomic E-state index is 10.6. The van der Waals surface area contributed by atoms with Crippen LogP contribution in [0.3, 0.4) is 0 Å². The third kappa shape index (κ3) is 10.5. The van der Waals surface area contributed by atoms with Crippen LogP contribution in [0.5, 0.6) is 0 Å². The molecule has 2 fully saturated rings. The molecule has 2 aliphatic heterocycles. The van der Waals surface area contributed by atoms with Gasteiger partial charge in [-0.3, -0.25) is 0 Å². The Bertz CT molecular complexity index is 603. The number of unbranched alkanes of at least 4 members (excludes halogenated alkanes) is 12. The van der Waals surface area contributed by atoms with Gasteiger partial charge in [0.25, 0.3) is 0 Å². The van der Waals surface area contributed by atoms with Crippen molar-refractivity contribution >= 4 is 0 Å². The zero-order valence-electron chi connectivity index (χ0n) is 23.1. The van der Waals surface area contributed by atoms with Crippen molar-refractivity contribution in [3.8, 4) is 0 Å². The summed E-state index contributed by atoms with van der Waals surface area (Å²) in [5.74, 6) is 0. The molecule has 11 nitrogen and oxygen atoms in total. The van der Waals surface area contributed by atoms with E-state index in [1.54, 1.807) is 0 Å². The summed E-state index contributed by atoms with van der Waals surface area (Å²) in [5, 5.41) is 50.8. The zero-order chi connectivity index (χ0) is 27.9. The second-order valence-corrected chi connectivity index (χ2v) is 10.8. The summed E-state index contributed by atoms with van der Waals surface area (Å²) in [4.78, 5) is 0. The van der Waals surface area contributed by atoms with Gasteiger partial charge >= 0.3 is 0 Å². The number of hydrogen-bond donors (Lipinski definition) is 7. The topological polar surface area (TPSA) is 190 Å². The van der Waals surface area contributed by atoms with Gasteiger partial charge in [0.05, 0.1) is 12.6 Å². The van der Waals surface area contributed by atoms with Crippen LogP contribution in [0, 0.1) is 0 Å². The molecule has 0 bridgehead atoms. The molecule has 2 unspecified atom stereocenters. The van der Waals surface area contributed by atoms with E-state index in [9.17, 15) is 25.5 Å². The summed E-state index contributed by atoms with van der Waals surface area (Å²) in [6.07, 6.45) is 4.84. The Hall–Kier alpha value is -0.440. The van der Waals surface area contributed by atoms with Gasteiger partial charge in [-0.1, -0.05) is 84.0 Å². The molecule has 0 spiro atoms. The summed E-state index contributed by atoms with van der Waals surface area (Å²) in [7, 11) is 0. The summed E-state index contributed by atoms with van der Waals surface area (Å²) in [6.45, 7) is 2.04. The highest BCUT2D eigenvalue weighted by Crippen LogP contribution is 2.29. The van der Waals surface area contributed by atoms with Gasteiger partial charge in [0.15, 0.2) is 12.6 Å². The molecule has 2 heterocycles. The third-order valence-electron chi connectivity index (χ3n) is 7.62. The van der Waals surface area contributed by atoms with Gasteiger partial charge < -0.3 is 55.9 Å². The Morgan fingerprint density at radius 2 is 1.18 bits per heavy atom. The number of aliphatic hydroxyl groups excluding tert-OH is 5. The van der Waals surface area contributed by atoms with Crippen molar-refractivity contribution in [2.24, 2.45) is 11.5 Å². The minimum atomic E-state index is -1.59. The van der Waals surface area contributed by atoms with Crippen LogP contribution in [0.25, 0.3) is 0 Å². The van der Waals surface area contributed by atoms with E-state index in [4.69, 9.17) is 30.4 Å². The van der Waals surface area contributed by atoms with Crippen LogP contribution in [0.2, 0.25) is 0 Å². The standard InChI is InChI=1S/C27H54N2O9/c1-2-3-4-5-6-7-8-9-10-11-12-13-14-15-35-26-20(29)25(22(32)19(17-30)37-26)38-27-24(34)23(33)21(31)18(16-28)36-27/h18-27,30-34H,2-17,28-29H2,1H3/t18-,19-,20-,21+,22-,23+,24-,25-,26?,27?/m1/s1. The Kier molecular flexibility index (Phi) is 16.7. The van der Waals surface area contributed by atoms with Crippen molar-refractivity contribution in [2.75, 3.05) is 19.8 Å². The van der Waals surface area contributed by atoms with E-state index in [2.05, 4.69) is 6.92 Å². The van der Waals surface area contributed by atoms with Crippen molar-refractivity contribution in [1.29, 1.82) is 0 Å². The van der Waals surface area contributed by atoms with Crippen LogP contribution >= 0.6 is 0 Å². The summed E-state index contributed by atoms with van der Waals surface area (Å²) >= 11 is 0. The fourth-order valence-electron chi connectivity index (χ4n) is 5.11. The number of hydrogen-bond acceptors (Lipinski definition) is 11. The van der Waals surface area contributed by atoms with Crippen molar-refractivity contribution in [2.45, 2.75) is 152 Å². The molecule has 0 aromatic carbocycles. The molecule has 2 rings (SSSR count). The molecule has 2 saturated heterocycles. The van der Waals surface area contributed by atoms with Gasteiger partial charge in [-0.15, -0.1) is 0 Å². The Morgan fingerprint density at radius 1 is 0.658 bits per heavy atom. The summed E-state index contributed by atoms with van der Waals surface area (Å²) in [6, 6.07) is -0.953. The van der Waals surface area contributed by atoms with Crippen LogP contribution < -0.4 is 11.5 Å². The smallest absolute Gasteiger partial charge is 0.187 e. The van der Waals surface area contributed by atoms with Crippen LogP contribution in [0.15, 0.2) is 0 Å². The largest absolute Gasteiger partial charge is 0.394 e. The van der Waals surface area contributed by atoms with Crippen LogP contribution in [0.4, 0.5) is 0 Å². The van der Waals surface area contributed by atoms with E-state index in [0.717, 1.165) is 19.3 Å². The molecule has 0 radical (unpaired) electrons. The minimum Gasteiger partial charge on any atom is -0.394 e. The molecule has 11 heteroatoms. The molecule has 2 aliphatic rings. The predicted octanol–water partition coefficient (Wildman–Crippen LogP) is 0.651. The normalized spacial score (nSPS) is 36.0. The number of aliphatic hydroxyl groups is 5. The van der Waals surface area contributed by atoms with Gasteiger partial charge in [-0.25, -0.2) is 0 Å². The molecule has 0 saturated carbocycles. The highest BCUT2D eigenvalue weighted by Gasteiger charge is 2.50. The molecule has 10 atom stereocenters. The first-order valence-electron chi connectivity index (χ1n) is 14.7. The summed E-state index contributed by atoms with van der Waals surface area (Å²) < 4.78 is 22.8. The SMILES string of the molecule is CCCCCCCCCCCCCCCOC1O[C@H](CO)[C@@H](O)[C@H](OC2O[C@H](CN)[C@H](O)[C@H](O)[C@H]2O)[C@H]1N. The van der Waals surface area contributed by atoms with Gasteiger partial charge in [-0.05, 0) is 6.42 Å². The second kappa shape index (κ2) is 18.8. The van der Waals surface area contributed by atoms with Crippen LogP contribution in [-0.2, 0) is 18.9 Å². The average molecular weight is 551 g/mol. The Balaban J connectivity index is 1.69. The molecule has 38 heavy (non-hydrogen) atoms. The van der Waals surface area contributed by atoms with Crippen molar-refractivity contribution in [3.63, 3.8) is 0 Å². The van der Waals surface area contributed by atoms with Crippen molar-refractivity contribution in [3.05, 3.63) is 0 Å². The van der Waals surface area contributed by atoms with Gasteiger partial charge in [0.2, 0.25) is 0 Å².